The molecule has 0 radical (unpaired) electrons. The van der Waals surface area contributed by atoms with Crippen LogP contribution in [-0.2, 0) is 17.6 Å². The largest absolute Gasteiger partial charge is 0.378 e. The summed E-state index contributed by atoms with van der Waals surface area (Å²) in [7, 11) is 0. The summed E-state index contributed by atoms with van der Waals surface area (Å²) in [5.74, 6) is 0. The average molecular weight is 538 g/mol. The molecule has 2 aromatic carbocycles. The van der Waals surface area contributed by atoms with Crippen molar-refractivity contribution in [3.8, 4) is 39.6 Å². The number of fused-ring (bicyclic) bond motifs is 4. The Morgan fingerprint density at radius 2 is 1.61 bits per heavy atom. The maximum atomic E-state index is 9.47. The number of H-pyrrole nitrogens is 1. The molecule has 3 aliphatic rings. The molecule has 2 saturated heterocycles. The molecule has 3 atom stereocenters. The maximum Gasteiger partial charge on any atom is 0.137 e. The minimum Gasteiger partial charge on any atom is -0.378 e. The number of nitrogens with zero attached hydrogens (tertiary/aromatic N) is 4. The molecular weight excluding hydrogens is 506 g/mol. The van der Waals surface area contributed by atoms with E-state index < -0.39 is 0 Å². The fourth-order valence-electron chi connectivity index (χ4n) is 7.26. The van der Waals surface area contributed by atoms with Crippen LogP contribution in [0.5, 0.6) is 0 Å². The van der Waals surface area contributed by atoms with E-state index in [0.29, 0.717) is 29.4 Å². The Bertz CT molecular complexity index is 1790. The Kier molecular flexibility index (Phi) is 5.94. The molecule has 5 aromatic rings. The van der Waals surface area contributed by atoms with E-state index in [0.717, 1.165) is 59.3 Å². The first-order valence-electron chi connectivity index (χ1n) is 14.7. The molecule has 3 unspecified atom stereocenters. The molecule has 8 rings (SSSR count). The number of ether oxygens (including phenoxy) is 1. The van der Waals surface area contributed by atoms with E-state index in [2.05, 4.69) is 57.3 Å². The van der Waals surface area contributed by atoms with Gasteiger partial charge in [-0.05, 0) is 72.6 Å². The van der Waals surface area contributed by atoms with Gasteiger partial charge in [-0.15, -0.1) is 0 Å². The van der Waals surface area contributed by atoms with Crippen molar-refractivity contribution < 1.29 is 4.74 Å². The van der Waals surface area contributed by atoms with Crippen molar-refractivity contribution in [1.82, 2.24) is 19.9 Å². The van der Waals surface area contributed by atoms with Gasteiger partial charge in [0.1, 0.15) is 11.7 Å². The highest BCUT2D eigenvalue weighted by molar-refractivity contribution is 5.96. The first-order valence-corrected chi connectivity index (χ1v) is 14.7. The van der Waals surface area contributed by atoms with Crippen LogP contribution in [0, 0.1) is 11.3 Å². The summed E-state index contributed by atoms with van der Waals surface area (Å²) in [4.78, 5) is 15.3. The molecule has 2 aliphatic heterocycles. The predicted molar refractivity (Wildman–Crippen MR) is 160 cm³/mol. The minimum absolute atomic E-state index is 0.579. The smallest absolute Gasteiger partial charge is 0.137 e. The van der Waals surface area contributed by atoms with Crippen LogP contribution in [0.15, 0.2) is 79.3 Å². The molecule has 0 spiro atoms. The van der Waals surface area contributed by atoms with Crippen LogP contribution in [0.25, 0.3) is 44.5 Å². The van der Waals surface area contributed by atoms with Crippen LogP contribution in [-0.4, -0.2) is 51.2 Å². The minimum atomic E-state index is 0.579. The number of pyridine rings is 2. The zero-order valence-corrected chi connectivity index (χ0v) is 22.9. The van der Waals surface area contributed by atoms with Crippen molar-refractivity contribution in [2.75, 3.05) is 13.2 Å². The first-order chi connectivity index (χ1) is 20.2. The lowest BCUT2D eigenvalue weighted by molar-refractivity contribution is -0.148. The summed E-state index contributed by atoms with van der Waals surface area (Å²) >= 11 is 0. The zero-order chi connectivity index (χ0) is 27.3. The Hall–Kier alpha value is -4.31. The van der Waals surface area contributed by atoms with Crippen LogP contribution >= 0.6 is 0 Å². The third kappa shape index (κ3) is 4.24. The molecule has 41 heavy (non-hydrogen) atoms. The predicted octanol–water partition coefficient (Wildman–Crippen LogP) is 6.55. The quantitative estimate of drug-likeness (QED) is 0.263. The monoisotopic (exact) mass is 537 g/mol. The lowest BCUT2D eigenvalue weighted by Gasteiger charge is -2.56. The number of aromatic amines is 1. The van der Waals surface area contributed by atoms with Crippen LogP contribution in [0.3, 0.4) is 0 Å². The standard InChI is InChI=1S/C35H31N5O/c36-17-27-2-1-13-37-34(27)24-6-4-23(5-7-24)33-19-39-35-32(33)15-28(18-38-35)26-8-3-22-9-11-29(12-10-25(22)14-26)40-30-16-31(40)21-41-20-30/h1-8,13-15,18-19,29-31H,9-12,16,20-21H2,(H,38,39). The van der Waals surface area contributed by atoms with Gasteiger partial charge in [0, 0.05) is 58.8 Å². The van der Waals surface area contributed by atoms with E-state index in [9.17, 15) is 5.26 Å². The molecule has 2 fully saturated rings. The maximum absolute atomic E-state index is 9.47. The number of morpholine rings is 1. The van der Waals surface area contributed by atoms with Gasteiger partial charge < -0.3 is 9.72 Å². The van der Waals surface area contributed by atoms with Gasteiger partial charge >= 0.3 is 0 Å². The number of nitrogens with one attached hydrogen (secondary N) is 1. The summed E-state index contributed by atoms with van der Waals surface area (Å²) in [6.07, 6.45) is 11.8. The summed E-state index contributed by atoms with van der Waals surface area (Å²) in [6, 6.07) is 25.3. The van der Waals surface area contributed by atoms with Crippen LogP contribution in [0.2, 0.25) is 0 Å². The Morgan fingerprint density at radius 3 is 2.41 bits per heavy atom. The van der Waals surface area contributed by atoms with E-state index in [1.807, 2.05) is 24.5 Å². The van der Waals surface area contributed by atoms with E-state index in [-0.39, 0.29) is 0 Å². The Labute approximate surface area is 239 Å². The van der Waals surface area contributed by atoms with Crippen molar-refractivity contribution in [1.29, 1.82) is 5.26 Å². The van der Waals surface area contributed by atoms with E-state index in [1.54, 1.807) is 18.3 Å². The molecule has 3 aromatic heterocycles. The summed E-state index contributed by atoms with van der Waals surface area (Å²) in [5, 5.41) is 10.6. The van der Waals surface area contributed by atoms with E-state index in [1.165, 1.54) is 36.0 Å². The second-order valence-electron chi connectivity index (χ2n) is 11.7. The van der Waals surface area contributed by atoms with Crippen molar-refractivity contribution in [3.05, 3.63) is 95.9 Å². The van der Waals surface area contributed by atoms with Gasteiger partial charge in [0.2, 0.25) is 0 Å². The molecule has 6 nitrogen and oxygen atoms in total. The highest BCUT2D eigenvalue weighted by Gasteiger charge is 2.45. The number of nitriles is 1. The second-order valence-corrected chi connectivity index (χ2v) is 11.7. The molecular formula is C35H31N5O. The Balaban J connectivity index is 1.06. The van der Waals surface area contributed by atoms with Gasteiger partial charge in [-0.2, -0.15) is 5.26 Å². The number of hydrogen-bond donors (Lipinski definition) is 1. The highest BCUT2D eigenvalue weighted by Crippen LogP contribution is 2.38. The summed E-state index contributed by atoms with van der Waals surface area (Å²) in [5.41, 5.74) is 10.7. The number of aromatic nitrogens is 3. The van der Waals surface area contributed by atoms with E-state index in [4.69, 9.17) is 9.72 Å². The Morgan fingerprint density at radius 1 is 0.829 bits per heavy atom. The van der Waals surface area contributed by atoms with Crippen LogP contribution < -0.4 is 0 Å². The highest BCUT2D eigenvalue weighted by atomic mass is 16.5. The zero-order valence-electron chi connectivity index (χ0n) is 22.9. The van der Waals surface area contributed by atoms with Crippen molar-refractivity contribution in [3.63, 3.8) is 0 Å². The van der Waals surface area contributed by atoms with Gasteiger partial charge in [-0.3, -0.25) is 9.88 Å². The molecule has 2 bridgehead atoms. The average Bonchev–Trinajstić information content (AvgIpc) is 3.35. The SMILES string of the molecule is N#Cc1cccnc1-c1ccc(-c2c[nH]c3ncc(-c4ccc5c(c4)CCC(N4C6COCC4C6)CC5)cc23)cc1. The fraction of sp³-hybridized carbons (Fsp3) is 0.286. The number of benzene rings is 2. The first kappa shape index (κ1) is 24.5. The molecule has 6 heteroatoms. The topological polar surface area (TPSA) is 77.8 Å². The molecule has 1 N–H and O–H groups in total. The van der Waals surface area contributed by atoms with Crippen molar-refractivity contribution in [2.24, 2.45) is 0 Å². The van der Waals surface area contributed by atoms with Crippen LogP contribution in [0.4, 0.5) is 0 Å². The lowest BCUT2D eigenvalue weighted by atomic mass is 9.87. The fourth-order valence-corrected chi connectivity index (χ4v) is 7.26. The molecule has 5 heterocycles. The number of rotatable bonds is 4. The number of aryl methyl sites for hydroxylation is 2. The van der Waals surface area contributed by atoms with E-state index >= 15 is 0 Å². The third-order valence-electron chi connectivity index (χ3n) is 9.39. The number of hydrogen-bond acceptors (Lipinski definition) is 5. The van der Waals surface area contributed by atoms with Crippen molar-refractivity contribution >= 4 is 11.0 Å². The normalized spacial score (nSPS) is 22.0. The third-order valence-corrected chi connectivity index (χ3v) is 9.39. The summed E-state index contributed by atoms with van der Waals surface area (Å²) < 4.78 is 5.74. The van der Waals surface area contributed by atoms with Crippen molar-refractivity contribution in [2.45, 2.75) is 50.2 Å². The van der Waals surface area contributed by atoms with Gasteiger partial charge in [0.15, 0.2) is 0 Å². The molecule has 202 valence electrons. The molecule has 0 saturated carbocycles. The van der Waals surface area contributed by atoms with Gasteiger partial charge in [0.05, 0.1) is 24.5 Å². The second kappa shape index (κ2) is 9.95. The van der Waals surface area contributed by atoms with Gasteiger partial charge in [0.25, 0.3) is 0 Å². The van der Waals surface area contributed by atoms with Gasteiger partial charge in [-0.25, -0.2) is 4.98 Å². The lowest BCUT2D eigenvalue weighted by Crippen LogP contribution is -2.66. The molecule has 1 aliphatic carbocycles. The van der Waals surface area contributed by atoms with Crippen LogP contribution in [0.1, 0.15) is 36.0 Å². The molecule has 0 amide bonds. The van der Waals surface area contributed by atoms with Gasteiger partial charge in [-0.1, -0.05) is 42.5 Å². The summed E-state index contributed by atoms with van der Waals surface area (Å²) in [6.45, 7) is 1.83.